The minimum Gasteiger partial charge on any atom is -0.462 e. The van der Waals surface area contributed by atoms with E-state index in [2.05, 4.69) is 118 Å². The van der Waals surface area contributed by atoms with E-state index in [1.54, 1.807) is 0 Å². The number of hydrogen-bond acceptors (Lipinski definition) is 6. The fourth-order valence-electron chi connectivity index (χ4n) is 7.35. The Kier molecular flexibility index (Phi) is 51.9. The first-order valence-electron chi connectivity index (χ1n) is 27.8. The quantitative estimate of drug-likeness (QED) is 0.0199. The molecule has 0 rings (SSSR count). The van der Waals surface area contributed by atoms with Gasteiger partial charge in [-0.25, -0.2) is 0 Å². The lowest BCUT2D eigenvalue weighted by Gasteiger charge is -2.18. The van der Waals surface area contributed by atoms with Crippen molar-refractivity contribution in [3.63, 3.8) is 0 Å². The van der Waals surface area contributed by atoms with E-state index in [1.165, 1.54) is 128 Å². The third-order valence-electron chi connectivity index (χ3n) is 11.6. The molecule has 0 bridgehead atoms. The van der Waals surface area contributed by atoms with E-state index in [1.807, 2.05) is 0 Å². The molecule has 67 heavy (non-hydrogen) atoms. The van der Waals surface area contributed by atoms with Gasteiger partial charge in [-0.05, 0) is 109 Å². The lowest BCUT2D eigenvalue weighted by Crippen LogP contribution is -2.30. The van der Waals surface area contributed by atoms with Gasteiger partial charge in [-0.1, -0.05) is 221 Å². The Morgan fingerprint density at radius 2 is 0.597 bits per heavy atom. The van der Waals surface area contributed by atoms with Crippen molar-refractivity contribution in [1.29, 1.82) is 0 Å². The van der Waals surface area contributed by atoms with Crippen molar-refractivity contribution in [2.24, 2.45) is 0 Å². The van der Waals surface area contributed by atoms with Crippen LogP contribution in [0.5, 0.6) is 0 Å². The van der Waals surface area contributed by atoms with Gasteiger partial charge in [0.25, 0.3) is 0 Å². The van der Waals surface area contributed by atoms with Crippen LogP contribution in [0.15, 0.2) is 97.2 Å². The normalized spacial score (nSPS) is 12.8. The third-order valence-corrected chi connectivity index (χ3v) is 11.6. The summed E-state index contributed by atoms with van der Waals surface area (Å²) in [6.07, 6.45) is 72.6. The molecule has 1 atom stereocenters. The summed E-state index contributed by atoms with van der Waals surface area (Å²) in [4.78, 5) is 38.0. The Bertz CT molecular complexity index is 1350. The summed E-state index contributed by atoms with van der Waals surface area (Å²) >= 11 is 0. The van der Waals surface area contributed by atoms with Gasteiger partial charge in [-0.3, -0.25) is 14.4 Å². The monoisotopic (exact) mass is 931 g/mol. The van der Waals surface area contributed by atoms with E-state index in [0.29, 0.717) is 19.3 Å². The van der Waals surface area contributed by atoms with E-state index in [9.17, 15) is 14.4 Å². The zero-order valence-corrected chi connectivity index (χ0v) is 43.6. The van der Waals surface area contributed by atoms with Crippen LogP contribution in [0.2, 0.25) is 0 Å². The summed E-state index contributed by atoms with van der Waals surface area (Å²) in [5.41, 5.74) is 0. The van der Waals surface area contributed by atoms with Gasteiger partial charge in [0.2, 0.25) is 0 Å². The number of hydrogen-bond donors (Lipinski definition) is 0. The number of carbonyl (C=O) groups is 3. The van der Waals surface area contributed by atoms with Gasteiger partial charge in [0.15, 0.2) is 6.10 Å². The van der Waals surface area contributed by atoms with Gasteiger partial charge in [0, 0.05) is 19.3 Å². The number of allylic oxidation sites excluding steroid dienone is 16. The zero-order chi connectivity index (χ0) is 48.6. The first-order chi connectivity index (χ1) is 33.0. The first-order valence-corrected chi connectivity index (χ1v) is 27.8. The summed E-state index contributed by atoms with van der Waals surface area (Å²) in [5, 5.41) is 0. The van der Waals surface area contributed by atoms with Gasteiger partial charge in [0.05, 0.1) is 0 Å². The molecule has 6 heteroatoms. The predicted molar refractivity (Wildman–Crippen MR) is 288 cm³/mol. The molecule has 0 spiro atoms. The van der Waals surface area contributed by atoms with Crippen LogP contribution in [-0.2, 0) is 28.6 Å². The molecule has 6 nitrogen and oxygen atoms in total. The molecule has 0 fully saturated rings. The van der Waals surface area contributed by atoms with Gasteiger partial charge >= 0.3 is 17.9 Å². The smallest absolute Gasteiger partial charge is 0.306 e. The summed E-state index contributed by atoms with van der Waals surface area (Å²) in [6, 6.07) is 0. The molecule has 0 heterocycles. The highest BCUT2D eigenvalue weighted by atomic mass is 16.6. The maximum Gasteiger partial charge on any atom is 0.306 e. The summed E-state index contributed by atoms with van der Waals surface area (Å²) in [6.45, 7) is 6.50. The number of unbranched alkanes of at least 4 members (excludes halogenated alkanes) is 23. The highest BCUT2D eigenvalue weighted by molar-refractivity contribution is 5.71. The second-order valence-corrected chi connectivity index (χ2v) is 18.2. The molecular weight excluding hydrogens is 829 g/mol. The number of esters is 3. The Morgan fingerprint density at radius 3 is 1.01 bits per heavy atom. The largest absolute Gasteiger partial charge is 0.462 e. The standard InChI is InChI=1S/C61H102O6/c1-4-7-10-13-16-19-22-25-28-30-33-36-39-42-45-48-51-54-60(63)66-57-58(56-65-59(62)53-50-47-44-41-38-35-32-27-24-21-18-15-12-9-6-3)67-61(64)55-52-49-46-43-40-37-34-31-29-26-23-20-17-14-11-8-5-2/h18,21,24-29,33-34,36-37,42-43,45-46,58H,4-17,19-20,22-23,30-32,35,38-41,44,47-57H2,1-3H3/b21-18-,27-24-,28-25-,29-26-,36-33-,37-34-,45-42-,46-43-. The maximum absolute atomic E-state index is 12.8. The highest BCUT2D eigenvalue weighted by Crippen LogP contribution is 2.13. The zero-order valence-electron chi connectivity index (χ0n) is 43.6. The van der Waals surface area contributed by atoms with Crippen LogP contribution in [0.4, 0.5) is 0 Å². The Labute approximate surface area is 413 Å². The van der Waals surface area contributed by atoms with E-state index in [4.69, 9.17) is 14.2 Å². The van der Waals surface area contributed by atoms with Crippen LogP contribution < -0.4 is 0 Å². The Balaban J connectivity index is 4.57. The van der Waals surface area contributed by atoms with E-state index < -0.39 is 6.10 Å². The molecule has 0 radical (unpaired) electrons. The van der Waals surface area contributed by atoms with Gasteiger partial charge in [-0.2, -0.15) is 0 Å². The predicted octanol–water partition coefficient (Wildman–Crippen LogP) is 18.5. The van der Waals surface area contributed by atoms with Gasteiger partial charge in [0.1, 0.15) is 13.2 Å². The van der Waals surface area contributed by atoms with Gasteiger partial charge < -0.3 is 14.2 Å². The van der Waals surface area contributed by atoms with Crippen LogP contribution >= 0.6 is 0 Å². The van der Waals surface area contributed by atoms with Crippen LogP contribution in [0, 0.1) is 0 Å². The number of carbonyl (C=O) groups excluding carboxylic acids is 3. The van der Waals surface area contributed by atoms with E-state index in [-0.39, 0.29) is 44.0 Å². The number of ether oxygens (including phenoxy) is 3. The SMILES string of the molecule is CCCCC/C=C\C=C/CCCCCCCCC(=O)OCC(COC(=O)CCC/C=C\C/C=C\C/C=C\CCCCCCCC)OC(=O)CCC/C=C\C/C=C\C/C=C\CCCCCCCC. The van der Waals surface area contributed by atoms with Crippen molar-refractivity contribution in [2.45, 2.75) is 258 Å². The fraction of sp³-hybridized carbons (Fsp3) is 0.689. The molecule has 1 unspecified atom stereocenters. The van der Waals surface area contributed by atoms with Crippen molar-refractivity contribution in [2.75, 3.05) is 13.2 Å². The van der Waals surface area contributed by atoms with Crippen molar-refractivity contribution < 1.29 is 28.6 Å². The molecule has 0 aliphatic rings. The molecule has 0 N–H and O–H groups in total. The van der Waals surface area contributed by atoms with E-state index >= 15 is 0 Å². The molecule has 0 amide bonds. The fourth-order valence-corrected chi connectivity index (χ4v) is 7.35. The molecule has 0 aromatic carbocycles. The summed E-state index contributed by atoms with van der Waals surface area (Å²) in [7, 11) is 0. The Hall–Kier alpha value is -3.67. The third kappa shape index (κ3) is 53.2. The maximum atomic E-state index is 12.8. The van der Waals surface area contributed by atoms with Crippen molar-refractivity contribution >= 4 is 17.9 Å². The van der Waals surface area contributed by atoms with Crippen LogP contribution in [0.3, 0.4) is 0 Å². The van der Waals surface area contributed by atoms with Crippen molar-refractivity contribution in [1.82, 2.24) is 0 Å². The molecule has 0 saturated heterocycles. The molecule has 0 aliphatic carbocycles. The minimum absolute atomic E-state index is 0.120. The average molecular weight is 931 g/mol. The molecule has 0 aromatic heterocycles. The average Bonchev–Trinajstić information content (AvgIpc) is 3.33. The topological polar surface area (TPSA) is 78.9 Å². The van der Waals surface area contributed by atoms with Gasteiger partial charge in [-0.15, -0.1) is 0 Å². The number of rotatable bonds is 49. The second kappa shape index (κ2) is 54.9. The molecule has 0 saturated carbocycles. The molecular formula is C61H102O6. The first kappa shape index (κ1) is 63.3. The molecule has 382 valence electrons. The van der Waals surface area contributed by atoms with E-state index in [0.717, 1.165) is 70.6 Å². The van der Waals surface area contributed by atoms with Crippen LogP contribution in [0.25, 0.3) is 0 Å². The van der Waals surface area contributed by atoms with Crippen molar-refractivity contribution in [3.05, 3.63) is 97.2 Å². The molecule has 0 aromatic rings. The summed E-state index contributed by atoms with van der Waals surface area (Å²) in [5.74, 6) is -1.04. The Morgan fingerprint density at radius 1 is 0.313 bits per heavy atom. The van der Waals surface area contributed by atoms with Crippen molar-refractivity contribution in [3.8, 4) is 0 Å². The minimum atomic E-state index is -0.830. The highest BCUT2D eigenvalue weighted by Gasteiger charge is 2.19. The molecule has 0 aliphatic heterocycles. The van der Waals surface area contributed by atoms with Crippen LogP contribution in [-0.4, -0.2) is 37.2 Å². The lowest BCUT2D eigenvalue weighted by molar-refractivity contribution is -0.167. The summed E-state index contributed by atoms with van der Waals surface area (Å²) < 4.78 is 16.7. The second-order valence-electron chi connectivity index (χ2n) is 18.2. The lowest BCUT2D eigenvalue weighted by atomic mass is 10.1. The van der Waals surface area contributed by atoms with Crippen LogP contribution in [0.1, 0.15) is 252 Å².